The van der Waals surface area contributed by atoms with Crippen LogP contribution in [0.3, 0.4) is 0 Å². The summed E-state index contributed by atoms with van der Waals surface area (Å²) in [7, 11) is 1.99. The summed E-state index contributed by atoms with van der Waals surface area (Å²) in [5, 5.41) is 4.01. The fourth-order valence-electron chi connectivity index (χ4n) is 1.75. The number of rotatable bonds is 5. The van der Waals surface area contributed by atoms with Crippen LogP contribution in [0.1, 0.15) is 25.8 Å². The molecule has 1 aromatic rings. The molecule has 0 spiro atoms. The van der Waals surface area contributed by atoms with Gasteiger partial charge in [0.2, 0.25) is 0 Å². The van der Waals surface area contributed by atoms with E-state index in [1.165, 1.54) is 5.56 Å². The highest BCUT2D eigenvalue weighted by atomic mass is 35.5. The third kappa shape index (κ3) is 3.47. The van der Waals surface area contributed by atoms with Gasteiger partial charge in [-0.05, 0) is 36.9 Å². The second-order valence-electron chi connectivity index (χ2n) is 4.34. The summed E-state index contributed by atoms with van der Waals surface area (Å²) < 4.78 is 0. The summed E-state index contributed by atoms with van der Waals surface area (Å²) in [6, 6.07) is 2.01. The maximum absolute atomic E-state index is 6.10. The largest absolute Gasteiger partial charge is 0.319 e. The Morgan fingerprint density at radius 2 is 2.27 bits per heavy atom. The smallest absolute Gasteiger partial charge is 0.0621 e. The molecular formula is C12H19ClN2. The van der Waals surface area contributed by atoms with Crippen molar-refractivity contribution in [3.05, 3.63) is 29.0 Å². The topological polar surface area (TPSA) is 24.9 Å². The number of nitrogens with zero attached hydrogens (tertiary/aromatic N) is 1. The molecule has 0 radical (unpaired) electrons. The normalized spacial score (nSPS) is 14.9. The molecule has 1 rings (SSSR count). The summed E-state index contributed by atoms with van der Waals surface area (Å²) in [5.74, 6) is 0. The Balaban J connectivity index is 2.79. The Morgan fingerprint density at radius 3 is 2.80 bits per heavy atom. The predicted octanol–water partition coefficient (Wildman–Crippen LogP) is 2.91. The molecule has 0 aliphatic rings. The second-order valence-corrected chi connectivity index (χ2v) is 4.75. The molecule has 1 atom stereocenters. The van der Waals surface area contributed by atoms with Gasteiger partial charge in [-0.15, -0.1) is 0 Å². The second kappa shape index (κ2) is 5.47. The molecule has 0 saturated carbocycles. The summed E-state index contributed by atoms with van der Waals surface area (Å²) in [4.78, 5) is 4.00. The zero-order chi connectivity index (χ0) is 11.3. The van der Waals surface area contributed by atoms with Crippen LogP contribution in [0.15, 0.2) is 18.5 Å². The Morgan fingerprint density at radius 1 is 1.53 bits per heavy atom. The number of hydrogen-bond acceptors (Lipinski definition) is 2. The van der Waals surface area contributed by atoms with Gasteiger partial charge in [0, 0.05) is 18.9 Å². The average Bonchev–Trinajstić information content (AvgIpc) is 2.22. The van der Waals surface area contributed by atoms with Crippen LogP contribution in [0.2, 0.25) is 5.02 Å². The molecule has 0 aromatic carbocycles. The maximum Gasteiger partial charge on any atom is 0.0621 e. The van der Waals surface area contributed by atoms with Gasteiger partial charge in [-0.3, -0.25) is 4.98 Å². The monoisotopic (exact) mass is 226 g/mol. The van der Waals surface area contributed by atoms with Crippen molar-refractivity contribution in [1.29, 1.82) is 0 Å². The van der Waals surface area contributed by atoms with Gasteiger partial charge in [0.1, 0.15) is 0 Å². The molecule has 0 aliphatic heterocycles. The molecule has 0 fully saturated rings. The molecule has 0 aliphatic carbocycles. The van der Waals surface area contributed by atoms with E-state index in [1.807, 2.05) is 13.1 Å². The van der Waals surface area contributed by atoms with E-state index in [9.17, 15) is 0 Å². The Bertz CT molecular complexity index is 314. The van der Waals surface area contributed by atoms with Crippen molar-refractivity contribution in [2.45, 2.75) is 26.7 Å². The van der Waals surface area contributed by atoms with Gasteiger partial charge in [-0.25, -0.2) is 0 Å². The van der Waals surface area contributed by atoms with Crippen LogP contribution in [-0.2, 0) is 6.42 Å². The van der Waals surface area contributed by atoms with E-state index in [2.05, 4.69) is 24.1 Å². The van der Waals surface area contributed by atoms with Crippen molar-refractivity contribution >= 4 is 11.6 Å². The zero-order valence-electron chi connectivity index (χ0n) is 9.68. The Labute approximate surface area is 97.1 Å². The lowest BCUT2D eigenvalue weighted by Gasteiger charge is -2.28. The molecule has 1 heterocycles. The molecule has 0 bridgehead atoms. The fraction of sp³-hybridized carbons (Fsp3) is 0.583. The van der Waals surface area contributed by atoms with Gasteiger partial charge in [-0.2, -0.15) is 0 Å². The molecule has 15 heavy (non-hydrogen) atoms. The number of nitrogens with one attached hydrogen (secondary N) is 1. The van der Waals surface area contributed by atoms with Gasteiger partial charge in [0.15, 0.2) is 0 Å². The maximum atomic E-state index is 6.10. The number of halogens is 1. The molecule has 0 saturated heterocycles. The number of pyridine rings is 1. The van der Waals surface area contributed by atoms with Crippen LogP contribution < -0.4 is 5.32 Å². The first-order valence-electron chi connectivity index (χ1n) is 5.34. The Kier molecular flexibility index (Phi) is 4.55. The quantitative estimate of drug-likeness (QED) is 0.835. The van der Waals surface area contributed by atoms with E-state index in [4.69, 9.17) is 11.6 Å². The van der Waals surface area contributed by atoms with E-state index >= 15 is 0 Å². The van der Waals surface area contributed by atoms with Crippen molar-refractivity contribution in [1.82, 2.24) is 10.3 Å². The molecule has 0 amide bonds. The molecule has 2 nitrogen and oxygen atoms in total. The van der Waals surface area contributed by atoms with Crippen molar-refractivity contribution in [2.75, 3.05) is 13.6 Å². The third-order valence-corrected chi connectivity index (χ3v) is 3.27. The van der Waals surface area contributed by atoms with Crippen LogP contribution >= 0.6 is 11.6 Å². The van der Waals surface area contributed by atoms with Gasteiger partial charge in [0.05, 0.1) is 5.02 Å². The van der Waals surface area contributed by atoms with Crippen LogP contribution in [0.5, 0.6) is 0 Å². The summed E-state index contributed by atoms with van der Waals surface area (Å²) in [6.07, 6.45) is 5.64. The lowest BCUT2D eigenvalue weighted by molar-refractivity contribution is 0.299. The molecule has 84 valence electrons. The first kappa shape index (κ1) is 12.5. The highest BCUT2D eigenvalue weighted by Gasteiger charge is 2.22. The van der Waals surface area contributed by atoms with Crippen LogP contribution in [0.4, 0.5) is 0 Å². The molecule has 1 aromatic heterocycles. The first-order chi connectivity index (χ1) is 7.11. The zero-order valence-corrected chi connectivity index (χ0v) is 10.4. The molecule has 1 unspecified atom stereocenters. The minimum atomic E-state index is 0.264. The highest BCUT2D eigenvalue weighted by Crippen LogP contribution is 2.28. The number of aromatic nitrogens is 1. The average molecular weight is 227 g/mol. The Hall–Kier alpha value is -0.600. The predicted molar refractivity (Wildman–Crippen MR) is 65.3 cm³/mol. The first-order valence-corrected chi connectivity index (χ1v) is 5.72. The summed E-state index contributed by atoms with van der Waals surface area (Å²) in [6.45, 7) is 5.49. The van der Waals surface area contributed by atoms with Crippen molar-refractivity contribution < 1.29 is 0 Å². The van der Waals surface area contributed by atoms with E-state index in [0.29, 0.717) is 0 Å². The lowest BCUT2D eigenvalue weighted by atomic mass is 9.81. The molecule has 3 heteroatoms. The van der Waals surface area contributed by atoms with E-state index in [1.54, 1.807) is 12.4 Å². The van der Waals surface area contributed by atoms with Gasteiger partial charge < -0.3 is 5.32 Å². The highest BCUT2D eigenvalue weighted by molar-refractivity contribution is 6.31. The minimum absolute atomic E-state index is 0.264. The van der Waals surface area contributed by atoms with Gasteiger partial charge in [-0.1, -0.05) is 25.4 Å². The van der Waals surface area contributed by atoms with E-state index in [-0.39, 0.29) is 5.41 Å². The fourth-order valence-corrected chi connectivity index (χ4v) is 1.93. The standard InChI is InChI=1S/C12H19ClN2/c1-4-12(2,9-14-3)7-10-5-6-15-8-11(10)13/h5-6,8,14H,4,7,9H2,1-3H3. The van der Waals surface area contributed by atoms with Crippen molar-refractivity contribution in [3.63, 3.8) is 0 Å². The van der Waals surface area contributed by atoms with Crippen LogP contribution in [-0.4, -0.2) is 18.6 Å². The van der Waals surface area contributed by atoms with Gasteiger partial charge in [0.25, 0.3) is 0 Å². The summed E-state index contributed by atoms with van der Waals surface area (Å²) in [5.41, 5.74) is 1.45. The minimum Gasteiger partial charge on any atom is -0.319 e. The van der Waals surface area contributed by atoms with Crippen molar-refractivity contribution in [2.24, 2.45) is 5.41 Å². The van der Waals surface area contributed by atoms with Crippen molar-refractivity contribution in [3.8, 4) is 0 Å². The van der Waals surface area contributed by atoms with Crippen LogP contribution in [0, 0.1) is 5.41 Å². The molecular weight excluding hydrogens is 208 g/mol. The van der Waals surface area contributed by atoms with Gasteiger partial charge >= 0.3 is 0 Å². The number of hydrogen-bond donors (Lipinski definition) is 1. The summed E-state index contributed by atoms with van der Waals surface area (Å²) >= 11 is 6.10. The third-order valence-electron chi connectivity index (χ3n) is 2.93. The SMILES string of the molecule is CCC(C)(CNC)Cc1ccncc1Cl. The molecule has 1 N–H and O–H groups in total. The van der Waals surface area contributed by atoms with E-state index in [0.717, 1.165) is 24.4 Å². The van der Waals surface area contributed by atoms with E-state index < -0.39 is 0 Å². The lowest BCUT2D eigenvalue weighted by Crippen LogP contribution is -2.31. The van der Waals surface area contributed by atoms with Crippen LogP contribution in [0.25, 0.3) is 0 Å².